The Labute approximate surface area is 189 Å². The monoisotopic (exact) mass is 492 g/mol. The van der Waals surface area contributed by atoms with Crippen LogP contribution in [0.25, 0.3) is 0 Å². The van der Waals surface area contributed by atoms with E-state index in [4.69, 9.17) is 39.5 Å². The second-order valence-electron chi connectivity index (χ2n) is 7.46. The molecule has 0 radical (unpaired) electrons. The second-order valence-corrected chi connectivity index (χ2v) is 10.6. The highest BCUT2D eigenvalue weighted by molar-refractivity contribution is 7.89. The Morgan fingerprint density at radius 3 is 2.10 bits per heavy atom. The average Bonchev–Trinajstić information content (AvgIpc) is 2.64. The van der Waals surface area contributed by atoms with Crippen molar-refractivity contribution in [3.05, 3.63) is 55.5 Å². The molecule has 1 heterocycles. The molecule has 0 saturated carbocycles. The summed E-state index contributed by atoms with van der Waals surface area (Å²) in [6.45, 7) is 4.89. The summed E-state index contributed by atoms with van der Waals surface area (Å²) in [6, 6.07) is 6.23. The number of rotatable bonds is 5. The average molecular weight is 494 g/mol. The molecule has 7 nitrogen and oxygen atoms in total. The lowest BCUT2D eigenvalue weighted by Crippen LogP contribution is -2.42. The van der Waals surface area contributed by atoms with Gasteiger partial charge in [-0.1, -0.05) is 48.7 Å². The van der Waals surface area contributed by atoms with E-state index in [0.717, 1.165) is 12.5 Å². The molecule has 2 atom stereocenters. The van der Waals surface area contributed by atoms with Gasteiger partial charge in [0.2, 0.25) is 10.0 Å². The lowest BCUT2D eigenvalue weighted by atomic mass is 9.94. The number of halogens is 3. The fraction of sp³-hybridized carbons (Fsp3) is 0.368. The van der Waals surface area contributed by atoms with E-state index in [1.807, 2.05) is 13.8 Å². The van der Waals surface area contributed by atoms with E-state index in [1.54, 1.807) is 0 Å². The van der Waals surface area contributed by atoms with Crippen LogP contribution >= 0.6 is 34.8 Å². The normalized spacial score (nSPS) is 20.2. The van der Waals surface area contributed by atoms with Gasteiger partial charge in [-0.05, 0) is 36.5 Å². The van der Waals surface area contributed by atoms with E-state index in [9.17, 15) is 18.5 Å². The van der Waals surface area contributed by atoms with Gasteiger partial charge in [0.25, 0.3) is 5.69 Å². The maximum atomic E-state index is 13.1. The predicted molar refractivity (Wildman–Crippen MR) is 116 cm³/mol. The SMILES string of the molecule is C[C@@H]1C[C@@H](C)CN(S(=O)(=O)c2cc(Cl)c(Oc3ccc([N+](=O)[O-])cc3Cl)c(Cl)c2)C1. The lowest BCUT2D eigenvalue weighted by molar-refractivity contribution is -0.384. The van der Waals surface area contributed by atoms with Gasteiger partial charge < -0.3 is 4.74 Å². The molecule has 0 bridgehead atoms. The highest BCUT2D eigenvalue weighted by atomic mass is 35.5. The molecule has 162 valence electrons. The van der Waals surface area contributed by atoms with Crippen molar-refractivity contribution in [2.45, 2.75) is 25.2 Å². The molecule has 30 heavy (non-hydrogen) atoms. The topological polar surface area (TPSA) is 89.8 Å². The molecule has 1 saturated heterocycles. The minimum atomic E-state index is -3.78. The summed E-state index contributed by atoms with van der Waals surface area (Å²) < 4.78 is 33.3. The first-order chi connectivity index (χ1) is 14.0. The van der Waals surface area contributed by atoms with Gasteiger partial charge in [0.15, 0.2) is 5.75 Å². The number of nitrogens with zero attached hydrogens (tertiary/aromatic N) is 2. The van der Waals surface area contributed by atoms with E-state index < -0.39 is 14.9 Å². The third kappa shape index (κ3) is 4.84. The van der Waals surface area contributed by atoms with E-state index in [0.29, 0.717) is 13.1 Å². The molecule has 2 aromatic carbocycles. The van der Waals surface area contributed by atoms with Gasteiger partial charge in [0.05, 0.1) is 24.9 Å². The standard InChI is InChI=1S/C19H19Cl3N2O5S/c1-11-5-12(2)10-23(9-11)30(27,28)14-7-16(21)19(17(22)8-14)29-18-4-3-13(24(25)26)6-15(18)20/h3-4,6-8,11-12H,5,9-10H2,1-2H3/t11-,12-/m1/s1. The number of hydrogen-bond acceptors (Lipinski definition) is 5. The first-order valence-corrected chi connectivity index (χ1v) is 11.7. The molecule has 0 N–H and O–H groups in total. The van der Waals surface area contributed by atoms with Crippen LogP contribution in [0.4, 0.5) is 5.69 Å². The third-order valence-electron chi connectivity index (χ3n) is 4.78. The van der Waals surface area contributed by atoms with Crippen LogP contribution in [0, 0.1) is 22.0 Å². The summed E-state index contributed by atoms with van der Waals surface area (Å²) in [7, 11) is -3.78. The molecule has 1 aliphatic heterocycles. The van der Waals surface area contributed by atoms with Crippen LogP contribution < -0.4 is 4.74 Å². The van der Waals surface area contributed by atoms with Gasteiger partial charge in [0.1, 0.15) is 5.75 Å². The smallest absolute Gasteiger partial charge is 0.271 e. The molecule has 2 aromatic rings. The van der Waals surface area contributed by atoms with Crippen molar-refractivity contribution >= 4 is 50.5 Å². The molecule has 0 unspecified atom stereocenters. The Kier molecular flexibility index (Phi) is 6.84. The number of hydrogen-bond donors (Lipinski definition) is 0. The van der Waals surface area contributed by atoms with Crippen molar-refractivity contribution in [1.82, 2.24) is 4.31 Å². The van der Waals surface area contributed by atoms with E-state index in [1.165, 1.54) is 28.6 Å². The third-order valence-corrected chi connectivity index (χ3v) is 7.45. The second kappa shape index (κ2) is 8.88. The Morgan fingerprint density at radius 2 is 1.60 bits per heavy atom. The molecule has 11 heteroatoms. The number of piperidine rings is 1. The van der Waals surface area contributed by atoms with Crippen molar-refractivity contribution in [2.75, 3.05) is 13.1 Å². The van der Waals surface area contributed by atoms with Gasteiger partial charge in [-0.2, -0.15) is 4.31 Å². The maximum absolute atomic E-state index is 13.1. The largest absolute Gasteiger partial charge is 0.453 e. The zero-order chi connectivity index (χ0) is 22.2. The molecule has 0 spiro atoms. The highest BCUT2D eigenvalue weighted by Crippen LogP contribution is 2.41. The Bertz CT molecular complexity index is 1060. The number of ether oxygens (including phenoxy) is 1. The van der Waals surface area contributed by atoms with Crippen LogP contribution in [-0.2, 0) is 10.0 Å². The molecule has 0 amide bonds. The minimum absolute atomic E-state index is 0.00779. The van der Waals surface area contributed by atoms with E-state index in [2.05, 4.69) is 0 Å². The lowest BCUT2D eigenvalue weighted by Gasteiger charge is -2.34. The molecule has 1 fully saturated rings. The minimum Gasteiger partial charge on any atom is -0.453 e. The fourth-order valence-corrected chi connectivity index (χ4v) is 6.17. The van der Waals surface area contributed by atoms with Crippen LogP contribution in [0.3, 0.4) is 0 Å². The summed E-state index contributed by atoms with van der Waals surface area (Å²) in [5, 5.41) is 10.8. The molecule has 0 aliphatic carbocycles. The predicted octanol–water partition coefficient (Wildman–Crippen LogP) is 6.01. The molecule has 1 aliphatic rings. The number of nitro benzene ring substituents is 1. The number of benzene rings is 2. The summed E-state index contributed by atoms with van der Waals surface area (Å²) >= 11 is 18.6. The van der Waals surface area contributed by atoms with Crippen molar-refractivity contribution in [1.29, 1.82) is 0 Å². The Morgan fingerprint density at radius 1 is 1.03 bits per heavy atom. The first-order valence-electron chi connectivity index (χ1n) is 9.10. The van der Waals surface area contributed by atoms with Crippen LogP contribution in [0.2, 0.25) is 15.1 Å². The van der Waals surface area contributed by atoms with Gasteiger partial charge in [-0.25, -0.2) is 8.42 Å². The maximum Gasteiger partial charge on any atom is 0.271 e. The summed E-state index contributed by atoms with van der Waals surface area (Å²) in [6.07, 6.45) is 0.969. The van der Waals surface area contributed by atoms with Gasteiger partial charge in [0, 0.05) is 25.2 Å². The van der Waals surface area contributed by atoms with Crippen LogP contribution in [0.1, 0.15) is 20.3 Å². The van der Waals surface area contributed by atoms with Crippen molar-refractivity contribution in [3.8, 4) is 11.5 Å². The quantitative estimate of drug-likeness (QED) is 0.375. The number of nitro groups is 1. The summed E-state index contributed by atoms with van der Waals surface area (Å²) in [4.78, 5) is 10.2. The zero-order valence-electron chi connectivity index (χ0n) is 16.1. The van der Waals surface area contributed by atoms with Gasteiger partial charge in [-0.15, -0.1) is 0 Å². The molecular formula is C19H19Cl3N2O5S. The van der Waals surface area contributed by atoms with Crippen molar-refractivity contribution in [2.24, 2.45) is 11.8 Å². The van der Waals surface area contributed by atoms with Gasteiger partial charge in [-0.3, -0.25) is 10.1 Å². The van der Waals surface area contributed by atoms with Gasteiger partial charge >= 0.3 is 0 Å². The van der Waals surface area contributed by atoms with E-state index >= 15 is 0 Å². The Balaban J connectivity index is 1.91. The molecule has 0 aromatic heterocycles. The number of sulfonamides is 1. The number of non-ortho nitro benzene ring substituents is 1. The zero-order valence-corrected chi connectivity index (χ0v) is 19.2. The highest BCUT2D eigenvalue weighted by Gasteiger charge is 2.32. The fourth-order valence-electron chi connectivity index (χ4n) is 3.53. The Hall–Kier alpha value is -1.58. The summed E-state index contributed by atoms with van der Waals surface area (Å²) in [5.41, 5.74) is -0.198. The van der Waals surface area contributed by atoms with Crippen LogP contribution in [0.15, 0.2) is 35.2 Å². The van der Waals surface area contributed by atoms with Crippen molar-refractivity contribution < 1.29 is 18.1 Å². The van der Waals surface area contributed by atoms with Crippen molar-refractivity contribution in [3.63, 3.8) is 0 Å². The summed E-state index contributed by atoms with van der Waals surface area (Å²) in [5.74, 6) is 0.608. The van der Waals surface area contributed by atoms with Crippen LogP contribution in [0.5, 0.6) is 11.5 Å². The first kappa shape index (κ1) is 23.1. The molecule has 3 rings (SSSR count). The molecular weight excluding hydrogens is 475 g/mol. The van der Waals surface area contributed by atoms with Crippen LogP contribution in [-0.4, -0.2) is 30.7 Å². The van der Waals surface area contributed by atoms with E-state index in [-0.39, 0.29) is 49.0 Å².